The first-order valence-corrected chi connectivity index (χ1v) is 8.25. The van der Waals surface area contributed by atoms with Crippen LogP contribution >= 0.6 is 0 Å². The summed E-state index contributed by atoms with van der Waals surface area (Å²) in [7, 11) is -3.46. The van der Waals surface area contributed by atoms with Crippen LogP contribution in [0.5, 0.6) is 0 Å². The summed E-state index contributed by atoms with van der Waals surface area (Å²) in [4.78, 5) is 0. The second-order valence-electron chi connectivity index (χ2n) is 6.67. The van der Waals surface area contributed by atoms with Crippen LogP contribution in [-0.4, -0.2) is 26.9 Å². The summed E-state index contributed by atoms with van der Waals surface area (Å²) < 4.78 is 28.2. The van der Waals surface area contributed by atoms with Crippen molar-refractivity contribution in [1.29, 1.82) is 0 Å². The molecule has 0 aromatic carbocycles. The molecule has 0 fully saturated rings. The van der Waals surface area contributed by atoms with E-state index in [0.29, 0.717) is 12.5 Å². The molecule has 0 saturated carbocycles. The summed E-state index contributed by atoms with van der Waals surface area (Å²) in [5, 5.41) is 5.14. The van der Waals surface area contributed by atoms with Crippen molar-refractivity contribution in [3.8, 4) is 0 Å². The molecule has 2 atom stereocenters. The Morgan fingerprint density at radius 1 is 1.17 bits per heavy atom. The molecule has 0 aliphatic heterocycles. The van der Waals surface area contributed by atoms with E-state index in [1.807, 2.05) is 27.7 Å². The minimum atomic E-state index is -3.46. The number of sulfonamides is 1. The van der Waals surface area contributed by atoms with Crippen LogP contribution in [0.3, 0.4) is 0 Å². The van der Waals surface area contributed by atoms with Gasteiger partial charge in [0, 0.05) is 5.92 Å². The maximum Gasteiger partial charge on any atom is 0.209 e. The first kappa shape index (κ1) is 17.9. The Balaban J connectivity index is 4.44. The average Bonchev–Trinajstić information content (AvgIpc) is 2.07. The highest BCUT2D eigenvalue weighted by atomic mass is 32.2. The van der Waals surface area contributed by atoms with Crippen molar-refractivity contribution in [1.82, 2.24) is 0 Å². The Kier molecular flexibility index (Phi) is 6.82. The van der Waals surface area contributed by atoms with Gasteiger partial charge in [-0.3, -0.25) is 0 Å². The Morgan fingerprint density at radius 3 is 2.00 bits per heavy atom. The summed E-state index contributed by atoms with van der Waals surface area (Å²) in [5.41, 5.74) is -0.135. The van der Waals surface area contributed by atoms with Crippen molar-refractivity contribution in [2.45, 2.75) is 54.1 Å². The fraction of sp³-hybridized carbons (Fsp3) is 1.00. The minimum Gasteiger partial charge on any atom is -0.378 e. The molecule has 2 N–H and O–H groups in total. The second-order valence-corrected chi connectivity index (χ2v) is 8.33. The Labute approximate surface area is 112 Å². The minimum absolute atomic E-state index is 0.0229. The predicted octanol–water partition coefficient (Wildman–Crippen LogP) is 2.39. The van der Waals surface area contributed by atoms with E-state index in [0.717, 1.165) is 6.42 Å². The van der Waals surface area contributed by atoms with E-state index < -0.39 is 10.0 Å². The van der Waals surface area contributed by atoms with E-state index in [-0.39, 0.29) is 23.2 Å². The van der Waals surface area contributed by atoms with Crippen LogP contribution in [0.25, 0.3) is 0 Å². The number of nitrogens with two attached hydrogens (primary N) is 1. The molecule has 4 nitrogen and oxygen atoms in total. The lowest BCUT2D eigenvalue weighted by Crippen LogP contribution is -2.35. The smallest absolute Gasteiger partial charge is 0.209 e. The maximum absolute atomic E-state index is 11.2. The molecular formula is C13H29NO3S. The zero-order valence-electron chi connectivity index (χ0n) is 12.6. The fourth-order valence-electron chi connectivity index (χ4n) is 1.84. The van der Waals surface area contributed by atoms with Gasteiger partial charge in [-0.15, -0.1) is 0 Å². The molecule has 0 saturated heterocycles. The van der Waals surface area contributed by atoms with Gasteiger partial charge >= 0.3 is 0 Å². The van der Waals surface area contributed by atoms with Crippen molar-refractivity contribution >= 4 is 10.0 Å². The van der Waals surface area contributed by atoms with Gasteiger partial charge in [0.15, 0.2) is 0 Å². The molecule has 2 unspecified atom stereocenters. The monoisotopic (exact) mass is 279 g/mol. The first-order chi connectivity index (χ1) is 7.92. The molecule has 18 heavy (non-hydrogen) atoms. The molecule has 0 amide bonds. The van der Waals surface area contributed by atoms with E-state index in [2.05, 4.69) is 13.8 Å². The highest BCUT2D eigenvalue weighted by Crippen LogP contribution is 2.27. The topological polar surface area (TPSA) is 69.4 Å². The Morgan fingerprint density at radius 2 is 1.67 bits per heavy atom. The molecule has 0 spiro atoms. The molecule has 0 aliphatic rings. The van der Waals surface area contributed by atoms with Crippen LogP contribution in [0.1, 0.15) is 48.0 Å². The Bertz CT molecular complexity index is 331. The lowest BCUT2D eigenvalue weighted by Gasteiger charge is -2.31. The highest BCUT2D eigenvalue weighted by molar-refractivity contribution is 7.89. The highest BCUT2D eigenvalue weighted by Gasteiger charge is 2.29. The van der Waals surface area contributed by atoms with Crippen molar-refractivity contribution in [2.24, 2.45) is 22.4 Å². The van der Waals surface area contributed by atoms with Gasteiger partial charge in [0.2, 0.25) is 10.0 Å². The normalized spacial score (nSPS) is 16.9. The van der Waals surface area contributed by atoms with Gasteiger partial charge in [0.1, 0.15) is 0 Å². The molecular weight excluding hydrogens is 250 g/mol. The van der Waals surface area contributed by atoms with E-state index in [1.54, 1.807) is 0 Å². The third-order valence-corrected chi connectivity index (χ3v) is 3.91. The molecule has 0 radical (unpaired) electrons. The van der Waals surface area contributed by atoms with Crippen molar-refractivity contribution < 1.29 is 13.2 Å². The van der Waals surface area contributed by atoms with Crippen LogP contribution in [0, 0.1) is 17.3 Å². The van der Waals surface area contributed by atoms with Crippen molar-refractivity contribution in [2.75, 3.05) is 12.4 Å². The number of hydrogen-bond acceptors (Lipinski definition) is 3. The standard InChI is InChI=1S/C13H29NO3S/c1-10(2)7-11(3)17-8-12(13(4,5)6)9-18(14,15)16/h10-12H,7-9H2,1-6H3,(H2,14,15,16). The van der Waals surface area contributed by atoms with Gasteiger partial charge in [-0.2, -0.15) is 0 Å². The number of rotatable bonds is 7. The molecule has 0 aliphatic carbocycles. The molecule has 0 heterocycles. The molecule has 110 valence electrons. The largest absolute Gasteiger partial charge is 0.378 e. The lowest BCUT2D eigenvalue weighted by molar-refractivity contribution is 0.00842. The van der Waals surface area contributed by atoms with Crippen molar-refractivity contribution in [3.05, 3.63) is 0 Å². The van der Waals surface area contributed by atoms with E-state index in [4.69, 9.17) is 9.88 Å². The molecule has 0 aromatic heterocycles. The summed E-state index contributed by atoms with van der Waals surface area (Å²) in [6.45, 7) is 12.8. The van der Waals surface area contributed by atoms with Gasteiger partial charge in [-0.25, -0.2) is 13.6 Å². The summed E-state index contributed by atoms with van der Waals surface area (Å²) in [6, 6.07) is 0. The Hall–Kier alpha value is -0.130. The summed E-state index contributed by atoms with van der Waals surface area (Å²) >= 11 is 0. The fourth-order valence-corrected chi connectivity index (χ4v) is 3.00. The van der Waals surface area contributed by atoms with E-state index >= 15 is 0 Å². The van der Waals surface area contributed by atoms with Crippen LogP contribution in [-0.2, 0) is 14.8 Å². The molecule has 0 aromatic rings. The van der Waals surface area contributed by atoms with Gasteiger partial charge < -0.3 is 4.74 Å². The quantitative estimate of drug-likeness (QED) is 0.778. The van der Waals surface area contributed by atoms with Gasteiger partial charge in [-0.1, -0.05) is 34.6 Å². The summed E-state index contributed by atoms with van der Waals surface area (Å²) in [5.74, 6) is 0.471. The maximum atomic E-state index is 11.2. The lowest BCUT2D eigenvalue weighted by atomic mass is 9.82. The van der Waals surface area contributed by atoms with Gasteiger partial charge in [0.25, 0.3) is 0 Å². The zero-order chi connectivity index (χ0) is 14.6. The molecule has 0 bridgehead atoms. The molecule has 5 heteroatoms. The number of ether oxygens (including phenoxy) is 1. The first-order valence-electron chi connectivity index (χ1n) is 6.54. The van der Waals surface area contributed by atoms with Crippen LogP contribution in [0.2, 0.25) is 0 Å². The molecule has 0 rings (SSSR count). The second kappa shape index (κ2) is 6.87. The zero-order valence-corrected chi connectivity index (χ0v) is 13.4. The predicted molar refractivity (Wildman–Crippen MR) is 75.8 cm³/mol. The number of hydrogen-bond donors (Lipinski definition) is 1. The van der Waals surface area contributed by atoms with Gasteiger partial charge in [-0.05, 0) is 24.7 Å². The average molecular weight is 279 g/mol. The number of primary sulfonamides is 1. The van der Waals surface area contributed by atoms with Gasteiger partial charge in [0.05, 0.1) is 18.5 Å². The third-order valence-electron chi connectivity index (χ3n) is 3.04. The van der Waals surface area contributed by atoms with Crippen molar-refractivity contribution in [3.63, 3.8) is 0 Å². The van der Waals surface area contributed by atoms with E-state index in [1.165, 1.54) is 0 Å². The third kappa shape index (κ3) is 8.89. The van der Waals surface area contributed by atoms with Crippen LogP contribution in [0.4, 0.5) is 0 Å². The van der Waals surface area contributed by atoms with Crippen LogP contribution < -0.4 is 5.14 Å². The summed E-state index contributed by atoms with van der Waals surface area (Å²) in [6.07, 6.45) is 1.13. The van der Waals surface area contributed by atoms with E-state index in [9.17, 15) is 8.42 Å². The van der Waals surface area contributed by atoms with Crippen LogP contribution in [0.15, 0.2) is 0 Å². The SMILES string of the molecule is CC(C)CC(C)OCC(CS(N)(=O)=O)C(C)(C)C.